The summed E-state index contributed by atoms with van der Waals surface area (Å²) in [5.74, 6) is -2.81. The fourth-order valence-corrected chi connectivity index (χ4v) is 4.49. The minimum absolute atomic E-state index is 0.162. The average molecular weight is 434 g/mol. The Balaban J connectivity index is 1.61. The van der Waals surface area contributed by atoms with Crippen LogP contribution in [0, 0.1) is 6.92 Å². The molecule has 3 aromatic heterocycles. The van der Waals surface area contributed by atoms with E-state index in [0.717, 1.165) is 15.7 Å². The molecule has 0 spiro atoms. The highest BCUT2D eigenvalue weighted by Crippen LogP contribution is 2.32. The van der Waals surface area contributed by atoms with Gasteiger partial charge in [0.25, 0.3) is 11.7 Å². The summed E-state index contributed by atoms with van der Waals surface area (Å²) >= 11 is 1.72. The van der Waals surface area contributed by atoms with Gasteiger partial charge in [0.05, 0.1) is 27.7 Å². The molecule has 1 amide bonds. The molecule has 0 unspecified atom stereocenters. The molecule has 10 heteroatoms. The van der Waals surface area contributed by atoms with Gasteiger partial charge < -0.3 is 0 Å². The van der Waals surface area contributed by atoms with Crippen LogP contribution in [0.1, 0.15) is 35.9 Å². The van der Waals surface area contributed by atoms with Gasteiger partial charge in [-0.3, -0.25) is 10.1 Å². The number of carbonyl (C=O) groups is 1. The third-order valence-corrected chi connectivity index (χ3v) is 5.94. The monoisotopic (exact) mass is 433 g/mol. The third-order valence-electron chi connectivity index (χ3n) is 4.30. The van der Waals surface area contributed by atoms with Crippen LogP contribution in [-0.4, -0.2) is 31.4 Å². The van der Waals surface area contributed by atoms with Crippen LogP contribution in [0.3, 0.4) is 0 Å². The van der Waals surface area contributed by atoms with E-state index in [1.807, 2.05) is 18.5 Å². The van der Waals surface area contributed by atoms with Gasteiger partial charge >= 0.3 is 0 Å². The van der Waals surface area contributed by atoms with Crippen LogP contribution in [0.5, 0.6) is 0 Å². The molecular weight excluding hydrogens is 416 g/mol. The Kier molecular flexibility index (Phi) is 5.22. The van der Waals surface area contributed by atoms with Crippen molar-refractivity contribution >= 4 is 55.4 Å². The zero-order valence-corrected chi connectivity index (χ0v) is 17.4. The number of hydrogen-bond acceptors (Lipinski definition) is 6. The van der Waals surface area contributed by atoms with E-state index in [4.69, 9.17) is 0 Å². The van der Waals surface area contributed by atoms with Crippen LogP contribution < -0.4 is 5.32 Å². The molecule has 1 aromatic carbocycles. The highest BCUT2D eigenvalue weighted by molar-refractivity contribution is 7.99. The number of nitrogens with one attached hydrogen (secondary N) is 1. The van der Waals surface area contributed by atoms with E-state index in [9.17, 15) is 13.6 Å². The number of amides is 1. The lowest BCUT2D eigenvalue weighted by Crippen LogP contribution is -2.14. The molecule has 6 nitrogen and oxygen atoms in total. The maximum absolute atomic E-state index is 12.8. The highest BCUT2D eigenvalue weighted by Gasteiger charge is 2.17. The maximum atomic E-state index is 12.8. The zero-order valence-electron chi connectivity index (χ0n) is 15.8. The minimum atomic E-state index is -2.48. The van der Waals surface area contributed by atoms with Gasteiger partial charge in [0.2, 0.25) is 0 Å². The predicted molar refractivity (Wildman–Crippen MR) is 112 cm³/mol. The summed E-state index contributed by atoms with van der Waals surface area (Å²) in [7, 11) is 0. The highest BCUT2D eigenvalue weighted by atomic mass is 32.2. The first-order valence-electron chi connectivity index (χ1n) is 8.83. The lowest BCUT2D eigenvalue weighted by Gasteiger charge is -2.09. The molecule has 0 aliphatic heterocycles. The number of anilines is 1. The summed E-state index contributed by atoms with van der Waals surface area (Å²) in [5, 5.41) is 8.31. The molecule has 4 rings (SSSR count). The van der Waals surface area contributed by atoms with E-state index in [1.165, 1.54) is 11.3 Å². The molecule has 0 aliphatic rings. The van der Waals surface area contributed by atoms with Crippen LogP contribution in [-0.2, 0) is 0 Å². The number of alkyl halides is 2. The molecule has 0 radical (unpaired) electrons. The fourth-order valence-electron chi connectivity index (χ4n) is 2.97. The van der Waals surface area contributed by atoms with Crippen molar-refractivity contribution in [3.63, 3.8) is 0 Å². The number of aromatic nitrogens is 4. The van der Waals surface area contributed by atoms with Crippen LogP contribution in [0.4, 0.5) is 13.9 Å². The first-order valence-corrected chi connectivity index (χ1v) is 10.5. The van der Waals surface area contributed by atoms with Gasteiger partial charge in [-0.2, -0.15) is 13.9 Å². The lowest BCUT2D eigenvalue weighted by molar-refractivity contribution is 0.102. The predicted octanol–water partition coefficient (Wildman–Crippen LogP) is 5.50. The number of nitrogens with zero attached hydrogens (tertiary/aromatic N) is 4. The van der Waals surface area contributed by atoms with Crippen LogP contribution in [0.2, 0.25) is 0 Å². The number of fused-ring (bicyclic) bond motifs is 2. The van der Waals surface area contributed by atoms with E-state index in [1.54, 1.807) is 37.4 Å². The van der Waals surface area contributed by atoms with Gasteiger partial charge in [-0.25, -0.2) is 14.6 Å². The molecule has 4 aromatic rings. The molecular formula is C19H17F2N5OS2. The second-order valence-corrected chi connectivity index (χ2v) is 8.79. The van der Waals surface area contributed by atoms with E-state index < -0.39 is 5.76 Å². The van der Waals surface area contributed by atoms with E-state index in [0.29, 0.717) is 38.6 Å². The van der Waals surface area contributed by atoms with Crippen LogP contribution >= 0.6 is 23.1 Å². The number of hydrogen-bond donors (Lipinski definition) is 1. The topological polar surface area (TPSA) is 72.7 Å². The summed E-state index contributed by atoms with van der Waals surface area (Å²) in [6.07, 6.45) is 1.69. The van der Waals surface area contributed by atoms with E-state index >= 15 is 0 Å². The SMILES string of the molecule is Cc1nc2c(cnn2C(C)C)cc1C(=O)Nc1nc2ccc(SC(F)F)cc2s1. The number of benzene rings is 1. The van der Waals surface area contributed by atoms with E-state index in [-0.39, 0.29) is 11.9 Å². The Hall–Kier alpha value is -2.59. The largest absolute Gasteiger partial charge is 0.298 e. The van der Waals surface area contributed by atoms with Crippen LogP contribution in [0.25, 0.3) is 21.3 Å². The molecule has 0 fully saturated rings. The number of thiazole rings is 1. The van der Waals surface area contributed by atoms with Crippen molar-refractivity contribution in [2.24, 2.45) is 0 Å². The smallest absolute Gasteiger partial charge is 0.288 e. The first kappa shape index (κ1) is 19.7. The number of carbonyl (C=O) groups excluding carboxylic acids is 1. The molecule has 0 atom stereocenters. The Bertz CT molecular complexity index is 1220. The maximum Gasteiger partial charge on any atom is 0.288 e. The first-order chi connectivity index (χ1) is 13.8. The Morgan fingerprint density at radius 1 is 1.24 bits per heavy atom. The second-order valence-electron chi connectivity index (χ2n) is 6.70. The summed E-state index contributed by atoms with van der Waals surface area (Å²) < 4.78 is 27.7. The number of aryl methyl sites for hydroxylation is 1. The Morgan fingerprint density at radius 3 is 2.76 bits per heavy atom. The standard InChI is InChI=1S/C19H17F2N5OS2/c1-9(2)26-16-11(8-22-26)6-13(10(3)23-16)17(27)25-19-24-14-5-4-12(28-18(20)21)7-15(14)29-19/h4-9,18H,1-3H3,(H,24,25,27). The molecule has 29 heavy (non-hydrogen) atoms. The number of halogens is 2. The molecule has 150 valence electrons. The lowest BCUT2D eigenvalue weighted by atomic mass is 10.1. The van der Waals surface area contributed by atoms with Gasteiger partial charge in [-0.05, 0) is 45.0 Å². The van der Waals surface area contributed by atoms with Crippen molar-refractivity contribution in [3.8, 4) is 0 Å². The molecule has 0 bridgehead atoms. The third kappa shape index (κ3) is 3.95. The Labute approximate surface area is 173 Å². The summed E-state index contributed by atoms with van der Waals surface area (Å²) in [4.78, 5) is 22.2. The quantitative estimate of drug-likeness (QED) is 0.421. The fraction of sp³-hybridized carbons (Fsp3) is 0.263. The van der Waals surface area contributed by atoms with E-state index in [2.05, 4.69) is 20.4 Å². The second kappa shape index (κ2) is 7.68. The van der Waals surface area contributed by atoms with Crippen molar-refractivity contribution < 1.29 is 13.6 Å². The van der Waals surface area contributed by atoms with Gasteiger partial charge in [0.15, 0.2) is 10.8 Å². The van der Waals surface area contributed by atoms with Crippen molar-refractivity contribution in [2.45, 2.75) is 37.5 Å². The molecule has 0 saturated heterocycles. The minimum Gasteiger partial charge on any atom is -0.298 e. The number of thioether (sulfide) groups is 1. The number of pyridine rings is 1. The molecule has 0 saturated carbocycles. The van der Waals surface area contributed by atoms with Gasteiger partial charge in [-0.15, -0.1) is 0 Å². The summed E-state index contributed by atoms with van der Waals surface area (Å²) in [5.41, 5.74) is 2.41. The normalized spacial score (nSPS) is 11.8. The van der Waals surface area contributed by atoms with Gasteiger partial charge in [0.1, 0.15) is 0 Å². The molecule has 1 N–H and O–H groups in total. The van der Waals surface area contributed by atoms with Crippen molar-refractivity contribution in [2.75, 3.05) is 5.32 Å². The van der Waals surface area contributed by atoms with Crippen LogP contribution in [0.15, 0.2) is 35.4 Å². The van der Waals surface area contributed by atoms with Crippen molar-refractivity contribution in [3.05, 3.63) is 41.7 Å². The average Bonchev–Trinajstić information content (AvgIpc) is 3.22. The Morgan fingerprint density at radius 2 is 2.03 bits per heavy atom. The molecule has 0 aliphatic carbocycles. The molecule has 3 heterocycles. The number of rotatable bonds is 5. The van der Waals surface area contributed by atoms with Crippen molar-refractivity contribution in [1.82, 2.24) is 19.7 Å². The van der Waals surface area contributed by atoms with Gasteiger partial charge in [-0.1, -0.05) is 23.1 Å². The van der Waals surface area contributed by atoms with Crippen molar-refractivity contribution in [1.29, 1.82) is 0 Å². The summed E-state index contributed by atoms with van der Waals surface area (Å²) in [6.45, 7) is 5.81. The summed E-state index contributed by atoms with van der Waals surface area (Å²) in [6, 6.07) is 6.85. The zero-order chi connectivity index (χ0) is 20.7. The van der Waals surface area contributed by atoms with Gasteiger partial charge in [0, 0.05) is 16.3 Å².